The van der Waals surface area contributed by atoms with Gasteiger partial charge in [0.15, 0.2) is 0 Å². The van der Waals surface area contributed by atoms with E-state index in [-0.39, 0.29) is 18.0 Å². The number of carbonyl (C=O) groups is 1. The van der Waals surface area contributed by atoms with Crippen LogP contribution in [0.1, 0.15) is 19.3 Å². The van der Waals surface area contributed by atoms with Crippen LogP contribution in [0.4, 0.5) is 5.69 Å². The minimum atomic E-state index is -3.73. The molecule has 3 aromatic carbocycles. The first-order valence-electron chi connectivity index (χ1n) is 12.9. The van der Waals surface area contributed by atoms with Crippen LogP contribution in [0.15, 0.2) is 83.8 Å². The van der Waals surface area contributed by atoms with Gasteiger partial charge in [-0.3, -0.25) is 9.10 Å². The van der Waals surface area contributed by atoms with E-state index in [1.54, 1.807) is 48.5 Å². The molecule has 0 aliphatic carbocycles. The summed E-state index contributed by atoms with van der Waals surface area (Å²) in [6, 6.07) is 21.8. The Morgan fingerprint density at radius 3 is 2.05 bits per heavy atom. The van der Waals surface area contributed by atoms with Crippen molar-refractivity contribution in [3.63, 3.8) is 0 Å². The molecule has 1 N–H and O–H groups in total. The number of hydrogen-bond donors (Lipinski definition) is 1. The summed E-state index contributed by atoms with van der Waals surface area (Å²) in [6.45, 7) is 0.916. The number of ether oxygens (including phenoxy) is 2. The van der Waals surface area contributed by atoms with E-state index in [2.05, 4.69) is 5.32 Å². The van der Waals surface area contributed by atoms with Crippen molar-refractivity contribution in [1.29, 1.82) is 0 Å². The van der Waals surface area contributed by atoms with Crippen molar-refractivity contribution < 1.29 is 31.1 Å². The highest BCUT2D eigenvalue weighted by atomic mass is 32.2. The van der Waals surface area contributed by atoms with Gasteiger partial charge in [0.05, 0.1) is 23.4 Å². The number of nitrogens with zero attached hydrogens (tertiary/aromatic N) is 2. The van der Waals surface area contributed by atoms with E-state index < -0.39 is 32.5 Å². The minimum absolute atomic E-state index is 0.119. The Morgan fingerprint density at radius 2 is 1.43 bits per heavy atom. The molecule has 1 aliphatic heterocycles. The van der Waals surface area contributed by atoms with Crippen molar-refractivity contribution in [2.45, 2.75) is 24.2 Å². The molecule has 0 unspecified atom stereocenters. The largest absolute Gasteiger partial charge is 0.492 e. The highest BCUT2D eigenvalue weighted by Gasteiger charge is 2.26. The number of nitrogens with one attached hydrogen (secondary N) is 1. The van der Waals surface area contributed by atoms with Gasteiger partial charge in [-0.05, 0) is 73.5 Å². The lowest BCUT2D eigenvalue weighted by molar-refractivity contribution is -0.119. The van der Waals surface area contributed by atoms with Gasteiger partial charge in [0.25, 0.3) is 0 Å². The van der Waals surface area contributed by atoms with Crippen molar-refractivity contribution in [3.8, 4) is 17.2 Å². The molecule has 1 fully saturated rings. The third-order valence-corrected chi connectivity index (χ3v) is 9.31. The summed E-state index contributed by atoms with van der Waals surface area (Å²) < 4.78 is 64.2. The number of sulfonamides is 2. The fraction of sp³-hybridized carbons (Fsp3) is 0.321. The average Bonchev–Trinajstić information content (AvgIpc) is 2.95. The van der Waals surface area contributed by atoms with Crippen molar-refractivity contribution in [3.05, 3.63) is 78.9 Å². The summed E-state index contributed by atoms with van der Waals surface area (Å²) in [5.41, 5.74) is 0.328. The Hall–Kier alpha value is -3.61. The molecule has 10 nitrogen and oxygen atoms in total. The molecule has 0 aromatic heterocycles. The fourth-order valence-corrected chi connectivity index (χ4v) is 6.59. The molecule has 1 amide bonds. The molecule has 0 radical (unpaired) electrons. The summed E-state index contributed by atoms with van der Waals surface area (Å²) in [5.74, 6) is 1.14. The predicted molar refractivity (Wildman–Crippen MR) is 153 cm³/mol. The molecule has 0 bridgehead atoms. The number of anilines is 1. The van der Waals surface area contributed by atoms with Gasteiger partial charge in [-0.1, -0.05) is 24.6 Å². The highest BCUT2D eigenvalue weighted by Crippen LogP contribution is 2.26. The van der Waals surface area contributed by atoms with Crippen molar-refractivity contribution in [2.24, 2.45) is 0 Å². The zero-order valence-corrected chi connectivity index (χ0v) is 23.9. The molecule has 12 heteroatoms. The van der Waals surface area contributed by atoms with Gasteiger partial charge >= 0.3 is 0 Å². The quantitative estimate of drug-likeness (QED) is 0.321. The van der Waals surface area contributed by atoms with Gasteiger partial charge in [0.1, 0.15) is 30.4 Å². The zero-order chi connectivity index (χ0) is 28.6. The Kier molecular flexibility index (Phi) is 9.67. The maximum Gasteiger partial charge on any atom is 0.243 e. The van der Waals surface area contributed by atoms with E-state index in [0.717, 1.165) is 29.8 Å². The lowest BCUT2D eigenvalue weighted by Crippen LogP contribution is -2.41. The van der Waals surface area contributed by atoms with E-state index >= 15 is 0 Å². The maximum atomic E-state index is 12.8. The van der Waals surface area contributed by atoms with Gasteiger partial charge in [-0.2, -0.15) is 4.31 Å². The maximum absolute atomic E-state index is 12.8. The summed E-state index contributed by atoms with van der Waals surface area (Å²) in [5, 5.41) is 2.65. The SMILES string of the molecule is CS(=O)(=O)N(CC(=O)NCCOc1ccc(S(=O)(=O)N2CCCCC2)cc1)c1ccc(Oc2ccccc2)cc1. The lowest BCUT2D eigenvalue weighted by atomic mass is 10.2. The second-order valence-corrected chi connectivity index (χ2v) is 13.2. The van der Waals surface area contributed by atoms with Gasteiger partial charge < -0.3 is 14.8 Å². The summed E-state index contributed by atoms with van der Waals surface area (Å²) in [7, 11) is -7.25. The van der Waals surface area contributed by atoms with E-state index in [1.807, 2.05) is 18.2 Å². The summed E-state index contributed by atoms with van der Waals surface area (Å²) in [4.78, 5) is 12.7. The van der Waals surface area contributed by atoms with Crippen LogP contribution < -0.4 is 19.1 Å². The Morgan fingerprint density at radius 1 is 0.825 bits per heavy atom. The summed E-state index contributed by atoms with van der Waals surface area (Å²) in [6.07, 6.45) is 3.81. The molecular formula is C28H33N3O7S2. The highest BCUT2D eigenvalue weighted by molar-refractivity contribution is 7.92. The molecule has 214 valence electrons. The van der Waals surface area contributed by atoms with E-state index in [4.69, 9.17) is 9.47 Å². The standard InChI is InChI=1S/C28H33N3O7S2/c1-39(33,34)31(23-10-12-26(13-11-23)38-25-8-4-2-5-9-25)22-28(32)29-18-21-37-24-14-16-27(17-15-24)40(35,36)30-19-6-3-7-20-30/h2,4-5,8-17H,3,6-7,18-22H2,1H3,(H,29,32). The molecule has 3 aromatic rings. The number of rotatable bonds is 12. The normalized spacial score (nSPS) is 14.3. The number of amides is 1. The molecule has 1 saturated heterocycles. The topological polar surface area (TPSA) is 122 Å². The minimum Gasteiger partial charge on any atom is -0.492 e. The van der Waals surface area contributed by atoms with Crippen LogP contribution in [0.5, 0.6) is 17.2 Å². The van der Waals surface area contributed by atoms with Crippen LogP contribution in [-0.2, 0) is 24.8 Å². The van der Waals surface area contributed by atoms with Crippen molar-refractivity contribution >= 4 is 31.6 Å². The summed E-state index contributed by atoms with van der Waals surface area (Å²) >= 11 is 0. The van der Waals surface area contributed by atoms with Crippen LogP contribution in [0.25, 0.3) is 0 Å². The van der Waals surface area contributed by atoms with Crippen LogP contribution in [0, 0.1) is 0 Å². The molecule has 1 heterocycles. The molecule has 0 saturated carbocycles. The first kappa shape index (κ1) is 29.4. The number of carbonyl (C=O) groups excluding carboxylic acids is 1. The van der Waals surface area contributed by atoms with Crippen LogP contribution in [0.3, 0.4) is 0 Å². The predicted octanol–water partition coefficient (Wildman–Crippen LogP) is 3.61. The van der Waals surface area contributed by atoms with E-state index in [1.165, 1.54) is 16.4 Å². The smallest absolute Gasteiger partial charge is 0.243 e. The second kappa shape index (κ2) is 13.2. The first-order chi connectivity index (χ1) is 19.1. The van der Waals surface area contributed by atoms with Crippen LogP contribution in [-0.4, -0.2) is 66.1 Å². The van der Waals surface area contributed by atoms with Crippen molar-refractivity contribution in [1.82, 2.24) is 9.62 Å². The monoisotopic (exact) mass is 587 g/mol. The second-order valence-electron chi connectivity index (χ2n) is 9.31. The third kappa shape index (κ3) is 7.96. The van der Waals surface area contributed by atoms with Crippen LogP contribution in [0.2, 0.25) is 0 Å². The number of piperidine rings is 1. The molecule has 40 heavy (non-hydrogen) atoms. The average molecular weight is 588 g/mol. The van der Waals surface area contributed by atoms with Gasteiger partial charge in [-0.15, -0.1) is 0 Å². The molecule has 0 atom stereocenters. The number of para-hydroxylation sites is 1. The van der Waals surface area contributed by atoms with E-state index in [9.17, 15) is 21.6 Å². The zero-order valence-electron chi connectivity index (χ0n) is 22.2. The van der Waals surface area contributed by atoms with Gasteiger partial charge in [-0.25, -0.2) is 16.8 Å². The molecule has 0 spiro atoms. The Balaban J connectivity index is 1.26. The van der Waals surface area contributed by atoms with E-state index in [0.29, 0.717) is 36.0 Å². The first-order valence-corrected chi connectivity index (χ1v) is 16.2. The molecule has 1 aliphatic rings. The Bertz CT molecular complexity index is 1470. The third-order valence-electron chi connectivity index (χ3n) is 6.26. The molecular weight excluding hydrogens is 554 g/mol. The number of benzene rings is 3. The van der Waals surface area contributed by atoms with Crippen LogP contribution >= 0.6 is 0 Å². The van der Waals surface area contributed by atoms with Gasteiger partial charge in [0, 0.05) is 13.1 Å². The lowest BCUT2D eigenvalue weighted by Gasteiger charge is -2.25. The van der Waals surface area contributed by atoms with Crippen molar-refractivity contribution in [2.75, 3.05) is 43.3 Å². The van der Waals surface area contributed by atoms with Gasteiger partial charge in [0.2, 0.25) is 26.0 Å². The number of hydrogen-bond acceptors (Lipinski definition) is 7. The Labute approximate surface area is 235 Å². The molecule has 4 rings (SSSR count). The fourth-order valence-electron chi connectivity index (χ4n) is 4.21.